The third-order valence-corrected chi connectivity index (χ3v) is 3.36. The number of carbonyl (C=O) groups is 3. The number of carboxylic acids is 1. The Morgan fingerprint density at radius 1 is 1.22 bits per heavy atom. The highest BCUT2D eigenvalue weighted by molar-refractivity contribution is 5.80. The van der Waals surface area contributed by atoms with Crippen molar-refractivity contribution in [2.75, 3.05) is 13.1 Å². The van der Waals surface area contributed by atoms with Crippen LogP contribution in [-0.2, 0) is 20.9 Å². The normalized spacial score (nSPS) is 13.0. The summed E-state index contributed by atoms with van der Waals surface area (Å²) in [6.45, 7) is 2.75. The van der Waals surface area contributed by atoms with Crippen LogP contribution in [0.1, 0.15) is 25.8 Å². The van der Waals surface area contributed by atoms with Crippen LogP contribution in [-0.4, -0.2) is 51.6 Å². The van der Waals surface area contributed by atoms with Crippen LogP contribution in [0.25, 0.3) is 0 Å². The summed E-state index contributed by atoms with van der Waals surface area (Å²) in [4.78, 5) is 35.7. The summed E-state index contributed by atoms with van der Waals surface area (Å²) in [7, 11) is 0. The standard InChI is InChI=1S/C16H22N2O5/c1-12(19)18(10-13-6-4-3-5-7-13)9-8-14(20)17-11-16(2,23)15(21)22/h3-7,23H,8-11H2,1-2H3,(H,17,20)(H,21,22). The zero-order chi connectivity index (χ0) is 17.5. The molecular weight excluding hydrogens is 300 g/mol. The van der Waals surface area contributed by atoms with Crippen molar-refractivity contribution in [1.29, 1.82) is 0 Å². The third-order valence-electron chi connectivity index (χ3n) is 3.36. The molecule has 0 aliphatic heterocycles. The fourth-order valence-electron chi connectivity index (χ4n) is 1.82. The van der Waals surface area contributed by atoms with Crippen LogP contribution in [0.15, 0.2) is 30.3 Å². The van der Waals surface area contributed by atoms with Gasteiger partial charge in [0.1, 0.15) is 0 Å². The smallest absolute Gasteiger partial charge is 0.337 e. The van der Waals surface area contributed by atoms with Gasteiger partial charge in [0, 0.05) is 26.4 Å². The van der Waals surface area contributed by atoms with Gasteiger partial charge in [0.05, 0.1) is 6.54 Å². The van der Waals surface area contributed by atoms with Gasteiger partial charge in [-0.2, -0.15) is 0 Å². The molecule has 0 saturated heterocycles. The van der Waals surface area contributed by atoms with Crippen LogP contribution in [0.4, 0.5) is 0 Å². The summed E-state index contributed by atoms with van der Waals surface area (Å²) >= 11 is 0. The van der Waals surface area contributed by atoms with E-state index in [4.69, 9.17) is 5.11 Å². The molecule has 0 fully saturated rings. The van der Waals surface area contributed by atoms with Crippen LogP contribution >= 0.6 is 0 Å². The van der Waals surface area contributed by atoms with Crippen LogP contribution < -0.4 is 5.32 Å². The average Bonchev–Trinajstić information content (AvgIpc) is 2.50. The van der Waals surface area contributed by atoms with Gasteiger partial charge in [0.15, 0.2) is 5.60 Å². The molecule has 7 heteroatoms. The first-order chi connectivity index (χ1) is 10.7. The maximum absolute atomic E-state index is 11.7. The van der Waals surface area contributed by atoms with Gasteiger partial charge in [-0.15, -0.1) is 0 Å². The molecule has 126 valence electrons. The molecule has 0 aliphatic carbocycles. The minimum absolute atomic E-state index is 0.0299. The largest absolute Gasteiger partial charge is 0.479 e. The Bertz CT molecular complexity index is 557. The monoisotopic (exact) mass is 322 g/mol. The molecule has 1 aromatic rings. The van der Waals surface area contributed by atoms with E-state index in [9.17, 15) is 19.5 Å². The Balaban J connectivity index is 2.48. The number of carbonyl (C=O) groups excluding carboxylic acids is 2. The topological polar surface area (TPSA) is 107 Å². The van der Waals surface area contributed by atoms with Gasteiger partial charge < -0.3 is 20.4 Å². The van der Waals surface area contributed by atoms with Crippen molar-refractivity contribution < 1.29 is 24.6 Å². The van der Waals surface area contributed by atoms with Crippen molar-refractivity contribution in [1.82, 2.24) is 10.2 Å². The molecule has 0 radical (unpaired) electrons. The molecule has 1 aromatic carbocycles. The van der Waals surface area contributed by atoms with Gasteiger partial charge in [0.25, 0.3) is 0 Å². The number of benzene rings is 1. The molecule has 0 aliphatic rings. The van der Waals surface area contributed by atoms with E-state index in [1.54, 1.807) is 0 Å². The van der Waals surface area contributed by atoms with E-state index >= 15 is 0 Å². The molecule has 7 nitrogen and oxygen atoms in total. The number of aliphatic carboxylic acids is 1. The molecule has 1 rings (SSSR count). The van der Waals surface area contributed by atoms with Gasteiger partial charge in [-0.05, 0) is 12.5 Å². The highest BCUT2D eigenvalue weighted by Crippen LogP contribution is 2.06. The fourth-order valence-corrected chi connectivity index (χ4v) is 1.82. The molecule has 0 aromatic heterocycles. The Morgan fingerprint density at radius 3 is 2.35 bits per heavy atom. The van der Waals surface area contributed by atoms with Crippen molar-refractivity contribution in [2.24, 2.45) is 0 Å². The zero-order valence-corrected chi connectivity index (χ0v) is 13.3. The number of nitrogens with one attached hydrogen (secondary N) is 1. The first-order valence-electron chi connectivity index (χ1n) is 7.24. The Hall–Kier alpha value is -2.41. The molecule has 0 saturated carbocycles. The van der Waals surface area contributed by atoms with Gasteiger partial charge >= 0.3 is 5.97 Å². The Labute approximate surface area is 134 Å². The summed E-state index contributed by atoms with van der Waals surface area (Å²) in [5, 5.41) is 20.6. The first-order valence-corrected chi connectivity index (χ1v) is 7.24. The van der Waals surface area contributed by atoms with Gasteiger partial charge in [-0.25, -0.2) is 4.79 Å². The molecule has 0 heterocycles. The second-order valence-corrected chi connectivity index (χ2v) is 5.53. The number of amides is 2. The van der Waals surface area contributed by atoms with Crippen molar-refractivity contribution in [3.05, 3.63) is 35.9 Å². The van der Waals surface area contributed by atoms with Crippen LogP contribution in [0.2, 0.25) is 0 Å². The van der Waals surface area contributed by atoms with Crippen molar-refractivity contribution >= 4 is 17.8 Å². The van der Waals surface area contributed by atoms with E-state index in [0.29, 0.717) is 6.54 Å². The van der Waals surface area contributed by atoms with Crippen molar-refractivity contribution in [3.63, 3.8) is 0 Å². The van der Waals surface area contributed by atoms with E-state index in [0.717, 1.165) is 12.5 Å². The van der Waals surface area contributed by atoms with Crippen LogP contribution in [0.5, 0.6) is 0 Å². The number of hydrogen-bond donors (Lipinski definition) is 3. The number of rotatable bonds is 8. The average molecular weight is 322 g/mol. The Kier molecular flexibility index (Phi) is 6.71. The maximum atomic E-state index is 11.7. The summed E-state index contributed by atoms with van der Waals surface area (Å²) in [5.41, 5.74) is -1.06. The van der Waals surface area contributed by atoms with Crippen molar-refractivity contribution in [2.45, 2.75) is 32.4 Å². The minimum atomic E-state index is -2.01. The summed E-state index contributed by atoms with van der Waals surface area (Å²) in [6.07, 6.45) is 0.0299. The lowest BCUT2D eigenvalue weighted by molar-refractivity contribution is -0.156. The van der Waals surface area contributed by atoms with E-state index in [1.165, 1.54) is 11.8 Å². The molecule has 0 spiro atoms. The molecule has 23 heavy (non-hydrogen) atoms. The molecule has 2 amide bonds. The highest BCUT2D eigenvalue weighted by atomic mass is 16.4. The maximum Gasteiger partial charge on any atom is 0.337 e. The van der Waals surface area contributed by atoms with Gasteiger partial charge in [-0.1, -0.05) is 30.3 Å². The second kappa shape index (κ2) is 8.28. The lowest BCUT2D eigenvalue weighted by atomic mass is 10.1. The zero-order valence-electron chi connectivity index (χ0n) is 13.3. The fraction of sp³-hybridized carbons (Fsp3) is 0.438. The third kappa shape index (κ3) is 6.48. The second-order valence-electron chi connectivity index (χ2n) is 5.53. The van der Waals surface area contributed by atoms with E-state index < -0.39 is 17.5 Å². The number of hydrogen-bond acceptors (Lipinski definition) is 4. The summed E-state index contributed by atoms with van der Waals surface area (Å²) in [6, 6.07) is 9.40. The lowest BCUT2D eigenvalue weighted by Gasteiger charge is -2.22. The Morgan fingerprint density at radius 2 is 1.83 bits per heavy atom. The first kappa shape index (κ1) is 18.6. The predicted octanol–water partition coefficient (Wildman–Crippen LogP) is 0.377. The highest BCUT2D eigenvalue weighted by Gasteiger charge is 2.30. The van der Waals surface area contributed by atoms with E-state index in [2.05, 4.69) is 5.32 Å². The van der Waals surface area contributed by atoms with Gasteiger partial charge in [-0.3, -0.25) is 9.59 Å². The van der Waals surface area contributed by atoms with E-state index in [1.807, 2.05) is 30.3 Å². The van der Waals surface area contributed by atoms with Crippen LogP contribution in [0.3, 0.4) is 0 Å². The SMILES string of the molecule is CC(=O)N(CCC(=O)NCC(C)(O)C(=O)O)Cc1ccccc1. The van der Waals surface area contributed by atoms with Crippen molar-refractivity contribution in [3.8, 4) is 0 Å². The number of aliphatic hydroxyl groups is 1. The van der Waals surface area contributed by atoms with E-state index in [-0.39, 0.29) is 25.4 Å². The lowest BCUT2D eigenvalue weighted by Crippen LogP contribution is -2.47. The molecule has 3 N–H and O–H groups in total. The van der Waals surface area contributed by atoms with Gasteiger partial charge in [0.2, 0.25) is 11.8 Å². The molecular formula is C16H22N2O5. The quantitative estimate of drug-likeness (QED) is 0.641. The number of carboxylic acid groups (broad SMARTS) is 1. The minimum Gasteiger partial charge on any atom is -0.479 e. The van der Waals surface area contributed by atoms with Crippen LogP contribution in [0, 0.1) is 0 Å². The molecule has 1 unspecified atom stereocenters. The molecule has 0 bridgehead atoms. The predicted molar refractivity (Wildman–Crippen MR) is 83.4 cm³/mol. The summed E-state index contributed by atoms with van der Waals surface area (Å²) in [5.74, 6) is -1.99. The number of nitrogens with zero attached hydrogens (tertiary/aromatic N) is 1. The summed E-state index contributed by atoms with van der Waals surface area (Å²) < 4.78 is 0. The molecule has 1 atom stereocenters.